The van der Waals surface area contributed by atoms with Crippen molar-refractivity contribution in [2.75, 3.05) is 0 Å². The predicted octanol–water partition coefficient (Wildman–Crippen LogP) is 2.26. The SMILES string of the molecule is Cc1coc(C(=O)NC2CCCC2)c1. The Morgan fingerprint density at radius 1 is 1.50 bits per heavy atom. The van der Waals surface area contributed by atoms with Gasteiger partial charge >= 0.3 is 0 Å². The van der Waals surface area contributed by atoms with Crippen LogP contribution in [0, 0.1) is 6.92 Å². The third-order valence-corrected chi connectivity index (χ3v) is 2.64. The molecule has 0 aromatic carbocycles. The molecule has 3 heteroatoms. The molecule has 1 aliphatic carbocycles. The van der Waals surface area contributed by atoms with Crippen molar-refractivity contribution in [3.63, 3.8) is 0 Å². The lowest BCUT2D eigenvalue weighted by Gasteiger charge is -2.09. The zero-order chi connectivity index (χ0) is 9.97. The van der Waals surface area contributed by atoms with Crippen molar-refractivity contribution in [3.8, 4) is 0 Å². The molecule has 14 heavy (non-hydrogen) atoms. The summed E-state index contributed by atoms with van der Waals surface area (Å²) in [6.45, 7) is 1.91. The van der Waals surface area contributed by atoms with Gasteiger partial charge in [0.15, 0.2) is 5.76 Å². The Morgan fingerprint density at radius 3 is 2.79 bits per heavy atom. The summed E-state index contributed by atoms with van der Waals surface area (Å²) >= 11 is 0. The maximum atomic E-state index is 11.6. The van der Waals surface area contributed by atoms with Crippen LogP contribution in [-0.2, 0) is 0 Å². The Hall–Kier alpha value is -1.25. The molecule has 1 aliphatic rings. The van der Waals surface area contributed by atoms with E-state index >= 15 is 0 Å². The highest BCUT2D eigenvalue weighted by molar-refractivity contribution is 5.91. The second-order valence-corrected chi connectivity index (χ2v) is 3.94. The van der Waals surface area contributed by atoms with E-state index in [1.165, 1.54) is 12.8 Å². The van der Waals surface area contributed by atoms with Crippen molar-refractivity contribution in [2.24, 2.45) is 0 Å². The first-order valence-corrected chi connectivity index (χ1v) is 5.12. The van der Waals surface area contributed by atoms with Crippen molar-refractivity contribution in [1.82, 2.24) is 5.32 Å². The molecule has 0 aliphatic heterocycles. The van der Waals surface area contributed by atoms with E-state index in [0.29, 0.717) is 11.8 Å². The van der Waals surface area contributed by atoms with Gasteiger partial charge in [-0.1, -0.05) is 12.8 Å². The van der Waals surface area contributed by atoms with Crippen molar-refractivity contribution >= 4 is 5.91 Å². The van der Waals surface area contributed by atoms with Crippen LogP contribution in [0.4, 0.5) is 0 Å². The van der Waals surface area contributed by atoms with Gasteiger partial charge in [0.25, 0.3) is 5.91 Å². The number of carbonyl (C=O) groups is 1. The zero-order valence-corrected chi connectivity index (χ0v) is 8.38. The van der Waals surface area contributed by atoms with Crippen LogP contribution in [0.2, 0.25) is 0 Å². The molecule has 1 N–H and O–H groups in total. The lowest BCUT2D eigenvalue weighted by molar-refractivity contribution is 0.0910. The number of nitrogens with one attached hydrogen (secondary N) is 1. The Kier molecular flexibility index (Phi) is 2.57. The van der Waals surface area contributed by atoms with Crippen LogP contribution in [0.1, 0.15) is 41.8 Å². The van der Waals surface area contributed by atoms with Crippen LogP contribution < -0.4 is 5.32 Å². The fourth-order valence-corrected chi connectivity index (χ4v) is 1.88. The third-order valence-electron chi connectivity index (χ3n) is 2.64. The van der Waals surface area contributed by atoms with Crippen LogP contribution >= 0.6 is 0 Å². The van der Waals surface area contributed by atoms with Crippen LogP contribution in [0.15, 0.2) is 16.7 Å². The molecule has 2 rings (SSSR count). The first kappa shape index (κ1) is 9.31. The van der Waals surface area contributed by atoms with Gasteiger partial charge in [-0.3, -0.25) is 4.79 Å². The molecule has 0 unspecified atom stereocenters. The van der Waals surface area contributed by atoms with Gasteiger partial charge in [0, 0.05) is 6.04 Å². The summed E-state index contributed by atoms with van der Waals surface area (Å²) in [5.74, 6) is 0.347. The average molecular weight is 193 g/mol. The Morgan fingerprint density at radius 2 is 2.21 bits per heavy atom. The fraction of sp³-hybridized carbons (Fsp3) is 0.545. The van der Waals surface area contributed by atoms with Gasteiger partial charge < -0.3 is 9.73 Å². The Labute approximate surface area is 83.5 Å². The molecule has 1 fully saturated rings. The lowest BCUT2D eigenvalue weighted by atomic mass is 10.2. The van der Waals surface area contributed by atoms with Gasteiger partial charge in [-0.25, -0.2) is 0 Å². The Balaban J connectivity index is 1.95. The summed E-state index contributed by atoms with van der Waals surface area (Å²) < 4.78 is 5.12. The zero-order valence-electron chi connectivity index (χ0n) is 8.38. The van der Waals surface area contributed by atoms with Crippen molar-refractivity contribution in [2.45, 2.75) is 38.6 Å². The summed E-state index contributed by atoms with van der Waals surface area (Å²) in [7, 11) is 0. The van der Waals surface area contributed by atoms with E-state index in [-0.39, 0.29) is 5.91 Å². The quantitative estimate of drug-likeness (QED) is 0.782. The van der Waals surface area contributed by atoms with E-state index in [1.54, 1.807) is 12.3 Å². The minimum absolute atomic E-state index is 0.0787. The highest BCUT2D eigenvalue weighted by Crippen LogP contribution is 2.18. The van der Waals surface area contributed by atoms with Gasteiger partial charge in [-0.2, -0.15) is 0 Å². The molecule has 76 valence electrons. The molecule has 1 saturated carbocycles. The molecular formula is C11H15NO2. The summed E-state index contributed by atoms with van der Waals surface area (Å²) in [6.07, 6.45) is 6.25. The van der Waals surface area contributed by atoms with E-state index < -0.39 is 0 Å². The minimum Gasteiger partial charge on any atom is -0.459 e. The minimum atomic E-state index is -0.0787. The van der Waals surface area contributed by atoms with E-state index in [0.717, 1.165) is 18.4 Å². The highest BCUT2D eigenvalue weighted by Gasteiger charge is 2.19. The van der Waals surface area contributed by atoms with Crippen LogP contribution in [-0.4, -0.2) is 11.9 Å². The lowest BCUT2D eigenvalue weighted by Crippen LogP contribution is -2.32. The molecule has 0 radical (unpaired) electrons. The number of aryl methyl sites for hydroxylation is 1. The second kappa shape index (κ2) is 3.86. The molecule has 1 aromatic heterocycles. The van der Waals surface area contributed by atoms with Crippen LogP contribution in [0.5, 0.6) is 0 Å². The maximum absolute atomic E-state index is 11.6. The van der Waals surface area contributed by atoms with Gasteiger partial charge in [-0.15, -0.1) is 0 Å². The maximum Gasteiger partial charge on any atom is 0.287 e. The molecule has 0 spiro atoms. The molecule has 0 bridgehead atoms. The van der Waals surface area contributed by atoms with E-state index in [1.807, 2.05) is 6.92 Å². The molecule has 1 amide bonds. The van der Waals surface area contributed by atoms with Crippen molar-refractivity contribution < 1.29 is 9.21 Å². The summed E-state index contributed by atoms with van der Waals surface area (Å²) in [4.78, 5) is 11.6. The number of rotatable bonds is 2. The predicted molar refractivity (Wildman–Crippen MR) is 53.2 cm³/mol. The summed E-state index contributed by atoms with van der Waals surface area (Å²) in [6, 6.07) is 2.12. The number of hydrogen-bond donors (Lipinski definition) is 1. The molecular weight excluding hydrogens is 178 g/mol. The highest BCUT2D eigenvalue weighted by atomic mass is 16.3. The van der Waals surface area contributed by atoms with E-state index in [9.17, 15) is 4.79 Å². The van der Waals surface area contributed by atoms with Gasteiger partial charge in [-0.05, 0) is 31.4 Å². The van der Waals surface area contributed by atoms with Crippen LogP contribution in [0.3, 0.4) is 0 Å². The van der Waals surface area contributed by atoms with Crippen LogP contribution in [0.25, 0.3) is 0 Å². The number of amides is 1. The fourth-order valence-electron chi connectivity index (χ4n) is 1.88. The standard InChI is InChI=1S/C11H15NO2/c1-8-6-10(14-7-8)11(13)12-9-4-2-3-5-9/h6-7,9H,2-5H2,1H3,(H,12,13). The molecule has 1 aromatic rings. The average Bonchev–Trinajstić information content (AvgIpc) is 2.75. The topological polar surface area (TPSA) is 42.2 Å². The monoisotopic (exact) mass is 193 g/mol. The van der Waals surface area contributed by atoms with Gasteiger partial charge in [0.2, 0.25) is 0 Å². The number of furan rings is 1. The van der Waals surface area contributed by atoms with Crippen molar-refractivity contribution in [1.29, 1.82) is 0 Å². The molecule has 0 atom stereocenters. The van der Waals surface area contributed by atoms with Crippen molar-refractivity contribution in [3.05, 3.63) is 23.7 Å². The third kappa shape index (κ3) is 1.97. The molecule has 3 nitrogen and oxygen atoms in total. The van der Waals surface area contributed by atoms with Gasteiger partial charge in [0.1, 0.15) is 0 Å². The first-order chi connectivity index (χ1) is 6.75. The molecule has 0 saturated heterocycles. The molecule has 1 heterocycles. The summed E-state index contributed by atoms with van der Waals surface area (Å²) in [5, 5.41) is 2.98. The largest absolute Gasteiger partial charge is 0.459 e. The first-order valence-electron chi connectivity index (χ1n) is 5.12. The smallest absolute Gasteiger partial charge is 0.287 e. The number of hydrogen-bond acceptors (Lipinski definition) is 2. The van der Waals surface area contributed by atoms with E-state index in [4.69, 9.17) is 4.42 Å². The Bertz CT molecular complexity index is 324. The van der Waals surface area contributed by atoms with E-state index in [2.05, 4.69) is 5.32 Å². The second-order valence-electron chi connectivity index (χ2n) is 3.94. The summed E-state index contributed by atoms with van der Waals surface area (Å²) in [5.41, 5.74) is 0.988. The van der Waals surface area contributed by atoms with Gasteiger partial charge in [0.05, 0.1) is 6.26 Å². The number of carbonyl (C=O) groups excluding carboxylic acids is 1. The normalized spacial score (nSPS) is 17.2.